The van der Waals surface area contributed by atoms with Crippen molar-refractivity contribution in [2.75, 3.05) is 0 Å². The van der Waals surface area contributed by atoms with Gasteiger partial charge in [-0.15, -0.1) is 0 Å². The smallest absolute Gasteiger partial charge is 0.416 e. The molecule has 1 heterocycles. The van der Waals surface area contributed by atoms with Crippen molar-refractivity contribution in [1.82, 2.24) is 0 Å². The summed E-state index contributed by atoms with van der Waals surface area (Å²) in [6.07, 6.45) is -4.56. The molecule has 0 atom stereocenters. The van der Waals surface area contributed by atoms with E-state index in [1.165, 1.54) is 17.4 Å². The van der Waals surface area contributed by atoms with Gasteiger partial charge in [-0.1, -0.05) is 0 Å². The van der Waals surface area contributed by atoms with Crippen molar-refractivity contribution < 1.29 is 23.1 Å². The van der Waals surface area contributed by atoms with Crippen LogP contribution in [0.3, 0.4) is 0 Å². The van der Waals surface area contributed by atoms with Crippen molar-refractivity contribution in [3.63, 3.8) is 0 Å². The Bertz CT molecular complexity index is 574. The molecule has 2 nitrogen and oxygen atoms in total. The van der Waals surface area contributed by atoms with Crippen molar-refractivity contribution in [2.24, 2.45) is 0 Å². The van der Waals surface area contributed by atoms with Gasteiger partial charge in [-0.3, -0.25) is 0 Å². The van der Waals surface area contributed by atoms with Gasteiger partial charge >= 0.3 is 12.1 Å². The lowest BCUT2D eigenvalue weighted by molar-refractivity contribution is -0.137. The van der Waals surface area contributed by atoms with Gasteiger partial charge in [0.1, 0.15) is 0 Å². The van der Waals surface area contributed by atoms with E-state index < -0.39 is 17.7 Å². The molecule has 1 aromatic heterocycles. The van der Waals surface area contributed by atoms with Gasteiger partial charge in [0, 0.05) is 0 Å². The molecule has 0 amide bonds. The highest BCUT2D eigenvalue weighted by atomic mass is 32.1. The molecular formula is C12H7F3O2S. The number of carboxylic acid groups (broad SMARTS) is 1. The lowest BCUT2D eigenvalue weighted by Crippen LogP contribution is -2.08. The third-order valence-corrected chi connectivity index (χ3v) is 3.05. The number of carbonyl (C=O) groups is 1. The first kappa shape index (κ1) is 12.6. The van der Waals surface area contributed by atoms with Gasteiger partial charge in [-0.25, -0.2) is 4.79 Å². The van der Waals surface area contributed by atoms with Crippen LogP contribution in [0.15, 0.2) is 35.0 Å². The first-order valence-corrected chi connectivity index (χ1v) is 5.80. The number of aromatic carboxylic acids is 1. The standard InChI is InChI=1S/C12H7F3O2S/c13-12(14,15)10-4-8(7-1-2-18-6-7)3-9(5-10)11(16)17/h1-6H,(H,16,17). The summed E-state index contributed by atoms with van der Waals surface area (Å²) < 4.78 is 38.0. The lowest BCUT2D eigenvalue weighted by atomic mass is 10.0. The molecule has 0 unspecified atom stereocenters. The van der Waals surface area contributed by atoms with Gasteiger partial charge in [0.25, 0.3) is 0 Å². The van der Waals surface area contributed by atoms with Gasteiger partial charge in [0.15, 0.2) is 0 Å². The van der Waals surface area contributed by atoms with Crippen LogP contribution in [0.25, 0.3) is 11.1 Å². The van der Waals surface area contributed by atoms with Crippen LogP contribution in [0.2, 0.25) is 0 Å². The van der Waals surface area contributed by atoms with Crippen LogP contribution in [0.4, 0.5) is 13.2 Å². The third-order valence-electron chi connectivity index (χ3n) is 2.36. The van der Waals surface area contributed by atoms with E-state index >= 15 is 0 Å². The highest BCUT2D eigenvalue weighted by Gasteiger charge is 2.31. The molecule has 0 bridgehead atoms. The normalized spacial score (nSPS) is 11.5. The minimum atomic E-state index is -4.56. The number of rotatable bonds is 2. The average molecular weight is 272 g/mol. The number of halogens is 3. The summed E-state index contributed by atoms with van der Waals surface area (Å²) in [7, 11) is 0. The number of alkyl halides is 3. The van der Waals surface area contributed by atoms with E-state index in [1.807, 2.05) is 0 Å². The molecule has 0 radical (unpaired) electrons. The van der Waals surface area contributed by atoms with Crippen LogP contribution in [-0.2, 0) is 6.18 Å². The van der Waals surface area contributed by atoms with Crippen LogP contribution in [0, 0.1) is 0 Å². The topological polar surface area (TPSA) is 37.3 Å². The van der Waals surface area contributed by atoms with Crippen LogP contribution in [0.5, 0.6) is 0 Å². The van der Waals surface area contributed by atoms with Gasteiger partial charge in [-0.05, 0) is 46.2 Å². The summed E-state index contributed by atoms with van der Waals surface area (Å²) in [4.78, 5) is 10.8. The van der Waals surface area contributed by atoms with E-state index in [9.17, 15) is 18.0 Å². The number of hydrogen-bond acceptors (Lipinski definition) is 2. The molecule has 6 heteroatoms. The second-order valence-corrected chi connectivity index (χ2v) is 4.39. The minimum absolute atomic E-state index is 0.253. The van der Waals surface area contributed by atoms with Crippen molar-refractivity contribution in [1.29, 1.82) is 0 Å². The lowest BCUT2D eigenvalue weighted by Gasteiger charge is -2.10. The first-order valence-electron chi connectivity index (χ1n) is 4.86. The first-order chi connectivity index (χ1) is 8.38. The fourth-order valence-electron chi connectivity index (χ4n) is 1.51. The Hall–Kier alpha value is -1.82. The fourth-order valence-corrected chi connectivity index (χ4v) is 2.18. The van der Waals surface area contributed by atoms with E-state index in [-0.39, 0.29) is 11.1 Å². The Morgan fingerprint density at radius 1 is 1.17 bits per heavy atom. The van der Waals surface area contributed by atoms with Crippen LogP contribution >= 0.6 is 11.3 Å². The summed E-state index contributed by atoms with van der Waals surface area (Å²) in [5.74, 6) is -1.38. The predicted octanol–water partition coefficient (Wildman–Crippen LogP) is 4.13. The summed E-state index contributed by atoms with van der Waals surface area (Å²) >= 11 is 1.33. The van der Waals surface area contributed by atoms with E-state index in [1.54, 1.807) is 16.8 Å². The maximum absolute atomic E-state index is 12.7. The van der Waals surface area contributed by atoms with Crippen molar-refractivity contribution in [3.05, 3.63) is 46.2 Å². The number of hydrogen-bond donors (Lipinski definition) is 1. The predicted molar refractivity (Wildman–Crippen MR) is 61.7 cm³/mol. The number of benzene rings is 1. The Morgan fingerprint density at radius 2 is 1.89 bits per heavy atom. The molecular weight excluding hydrogens is 265 g/mol. The van der Waals surface area contributed by atoms with E-state index in [0.717, 1.165) is 6.07 Å². The largest absolute Gasteiger partial charge is 0.478 e. The SMILES string of the molecule is O=C(O)c1cc(-c2ccsc2)cc(C(F)(F)F)c1. The molecule has 1 N–H and O–H groups in total. The molecule has 0 aliphatic heterocycles. The summed E-state index contributed by atoms with van der Waals surface area (Å²) in [6, 6.07) is 4.47. The average Bonchev–Trinajstić information content (AvgIpc) is 2.80. The molecule has 0 saturated heterocycles. The molecule has 0 saturated carbocycles. The molecule has 94 valence electrons. The van der Waals surface area contributed by atoms with Crippen LogP contribution in [-0.4, -0.2) is 11.1 Å². The monoisotopic (exact) mass is 272 g/mol. The molecule has 0 spiro atoms. The van der Waals surface area contributed by atoms with E-state index in [4.69, 9.17) is 5.11 Å². The fraction of sp³-hybridized carbons (Fsp3) is 0.0833. The zero-order chi connectivity index (χ0) is 13.3. The quantitative estimate of drug-likeness (QED) is 0.892. The van der Waals surface area contributed by atoms with E-state index in [0.29, 0.717) is 11.6 Å². The minimum Gasteiger partial charge on any atom is -0.478 e. The molecule has 1 aromatic carbocycles. The Labute approximate surface area is 104 Å². The van der Waals surface area contributed by atoms with Gasteiger partial charge in [0.2, 0.25) is 0 Å². The Balaban J connectivity index is 2.61. The zero-order valence-corrected chi connectivity index (χ0v) is 9.68. The summed E-state index contributed by atoms with van der Waals surface area (Å²) in [5, 5.41) is 12.2. The zero-order valence-electron chi connectivity index (χ0n) is 8.86. The number of thiophene rings is 1. The molecule has 0 aliphatic rings. The second-order valence-electron chi connectivity index (χ2n) is 3.61. The summed E-state index contributed by atoms with van der Waals surface area (Å²) in [5.41, 5.74) is -0.494. The molecule has 0 aliphatic carbocycles. The van der Waals surface area contributed by atoms with Crippen molar-refractivity contribution >= 4 is 17.3 Å². The Kier molecular flexibility index (Phi) is 3.13. The van der Waals surface area contributed by atoms with Crippen molar-refractivity contribution in [3.8, 4) is 11.1 Å². The summed E-state index contributed by atoms with van der Waals surface area (Å²) in [6.45, 7) is 0. The highest BCUT2D eigenvalue weighted by molar-refractivity contribution is 7.08. The molecule has 0 fully saturated rings. The maximum atomic E-state index is 12.7. The van der Waals surface area contributed by atoms with Crippen molar-refractivity contribution in [2.45, 2.75) is 6.18 Å². The highest BCUT2D eigenvalue weighted by Crippen LogP contribution is 2.34. The van der Waals surface area contributed by atoms with Gasteiger partial charge in [0.05, 0.1) is 11.1 Å². The van der Waals surface area contributed by atoms with Crippen LogP contribution < -0.4 is 0 Å². The van der Waals surface area contributed by atoms with Gasteiger partial charge in [-0.2, -0.15) is 24.5 Å². The Morgan fingerprint density at radius 3 is 2.39 bits per heavy atom. The number of carboxylic acids is 1. The van der Waals surface area contributed by atoms with Crippen LogP contribution in [0.1, 0.15) is 15.9 Å². The second kappa shape index (κ2) is 4.45. The molecule has 2 rings (SSSR count). The van der Waals surface area contributed by atoms with Gasteiger partial charge < -0.3 is 5.11 Å². The van der Waals surface area contributed by atoms with E-state index in [2.05, 4.69) is 0 Å². The molecule has 18 heavy (non-hydrogen) atoms. The molecule has 2 aromatic rings. The third kappa shape index (κ3) is 2.53. The maximum Gasteiger partial charge on any atom is 0.416 e.